The molecule has 0 saturated heterocycles. The van der Waals surface area contributed by atoms with Crippen LogP contribution in [0.1, 0.15) is 22.2 Å². The number of thiophene rings is 1. The Kier molecular flexibility index (Phi) is 3.13. The summed E-state index contributed by atoms with van der Waals surface area (Å²) in [5, 5.41) is 11.6. The number of carbonyl (C=O) groups excluding carboxylic acids is 1. The number of benzene rings is 1. The van der Waals surface area contributed by atoms with Gasteiger partial charge in [0.05, 0.1) is 27.3 Å². The lowest BCUT2D eigenvalue weighted by molar-refractivity contribution is -0.384. The Morgan fingerprint density at radius 1 is 1.48 bits per heavy atom. The van der Waals surface area contributed by atoms with E-state index in [1.165, 1.54) is 23.5 Å². The number of ether oxygens (including phenoxy) is 1. The van der Waals surface area contributed by atoms with Crippen LogP contribution in [0.25, 0.3) is 21.1 Å². The second-order valence-electron chi connectivity index (χ2n) is 4.57. The maximum absolute atomic E-state index is 12.0. The number of carbonyl (C=O) groups is 1. The first-order valence-corrected chi connectivity index (χ1v) is 7.21. The molecule has 0 saturated carbocycles. The van der Waals surface area contributed by atoms with Crippen molar-refractivity contribution in [3.63, 3.8) is 0 Å². The fourth-order valence-corrected chi connectivity index (χ4v) is 3.51. The van der Waals surface area contributed by atoms with Gasteiger partial charge < -0.3 is 9.72 Å². The zero-order valence-corrected chi connectivity index (χ0v) is 12.2. The van der Waals surface area contributed by atoms with E-state index in [2.05, 4.69) is 4.98 Å². The number of nitro benzene ring substituents is 1. The number of fused-ring (bicyclic) bond motifs is 3. The van der Waals surface area contributed by atoms with Gasteiger partial charge >= 0.3 is 5.97 Å². The van der Waals surface area contributed by atoms with Crippen molar-refractivity contribution in [1.29, 1.82) is 0 Å². The van der Waals surface area contributed by atoms with E-state index in [1.54, 1.807) is 13.0 Å². The van der Waals surface area contributed by atoms with Gasteiger partial charge in [-0.05, 0) is 19.9 Å². The smallest absolute Gasteiger partial charge is 0.341 e. The van der Waals surface area contributed by atoms with Crippen LogP contribution in [0.2, 0.25) is 0 Å². The molecule has 108 valence electrons. The maximum atomic E-state index is 12.0. The van der Waals surface area contributed by atoms with E-state index < -0.39 is 4.92 Å². The van der Waals surface area contributed by atoms with E-state index in [0.717, 1.165) is 20.5 Å². The Balaban J connectivity index is 2.28. The van der Waals surface area contributed by atoms with Gasteiger partial charge in [-0.1, -0.05) is 0 Å². The van der Waals surface area contributed by atoms with E-state index >= 15 is 0 Å². The molecule has 0 aliphatic heterocycles. The SMILES string of the molecule is CCOC(=O)c1c(C)sc2c1[nH]c1ccc([N+](=O)[O-])cc12. The molecule has 2 aromatic heterocycles. The molecule has 0 fully saturated rings. The van der Waals surface area contributed by atoms with Gasteiger partial charge in [-0.15, -0.1) is 11.3 Å². The molecule has 3 rings (SSSR count). The molecule has 21 heavy (non-hydrogen) atoms. The van der Waals surface area contributed by atoms with Crippen molar-refractivity contribution in [2.75, 3.05) is 6.61 Å². The lowest BCUT2D eigenvalue weighted by Crippen LogP contribution is -2.05. The van der Waals surface area contributed by atoms with Crippen molar-refractivity contribution in [3.05, 3.63) is 38.8 Å². The van der Waals surface area contributed by atoms with E-state index in [-0.39, 0.29) is 11.7 Å². The Bertz CT molecular complexity index is 878. The van der Waals surface area contributed by atoms with E-state index in [4.69, 9.17) is 4.74 Å². The highest BCUT2D eigenvalue weighted by atomic mass is 32.1. The highest BCUT2D eigenvalue weighted by Gasteiger charge is 2.21. The zero-order chi connectivity index (χ0) is 15.1. The number of aromatic amines is 1. The number of hydrogen-bond donors (Lipinski definition) is 1. The topological polar surface area (TPSA) is 85.2 Å². The summed E-state index contributed by atoms with van der Waals surface area (Å²) in [6.07, 6.45) is 0. The number of nitrogens with zero attached hydrogens (tertiary/aromatic N) is 1. The van der Waals surface area contributed by atoms with Crippen molar-refractivity contribution in [2.24, 2.45) is 0 Å². The quantitative estimate of drug-likeness (QED) is 0.453. The van der Waals surface area contributed by atoms with E-state index in [1.807, 2.05) is 6.92 Å². The molecule has 0 amide bonds. The predicted molar refractivity (Wildman–Crippen MR) is 81.0 cm³/mol. The van der Waals surface area contributed by atoms with Gasteiger partial charge in [-0.2, -0.15) is 0 Å². The number of nitrogens with one attached hydrogen (secondary N) is 1. The lowest BCUT2D eigenvalue weighted by atomic mass is 10.2. The van der Waals surface area contributed by atoms with Crippen molar-refractivity contribution < 1.29 is 14.5 Å². The van der Waals surface area contributed by atoms with Gasteiger partial charge in [0.25, 0.3) is 5.69 Å². The van der Waals surface area contributed by atoms with Crippen LogP contribution in [0, 0.1) is 17.0 Å². The molecule has 0 aliphatic carbocycles. The molecule has 0 bridgehead atoms. The van der Waals surface area contributed by atoms with Crippen molar-refractivity contribution in [1.82, 2.24) is 4.98 Å². The van der Waals surface area contributed by atoms with Crippen molar-refractivity contribution >= 4 is 44.1 Å². The van der Waals surface area contributed by atoms with Crippen LogP contribution in [0.3, 0.4) is 0 Å². The first-order valence-electron chi connectivity index (χ1n) is 6.39. The fraction of sp³-hybridized carbons (Fsp3) is 0.214. The fourth-order valence-electron chi connectivity index (χ4n) is 2.38. The average molecular weight is 304 g/mol. The standard InChI is InChI=1S/C14H12N2O4S/c1-3-20-14(17)11-7(2)21-13-9-6-8(16(18)19)4-5-10(9)15-12(11)13/h4-6,15H,3H2,1-2H3. The van der Waals surface area contributed by atoms with Crippen LogP contribution in [0.5, 0.6) is 0 Å². The molecule has 0 atom stereocenters. The summed E-state index contributed by atoms with van der Waals surface area (Å²) in [5.41, 5.74) is 2.00. The third-order valence-electron chi connectivity index (χ3n) is 3.28. The molecule has 0 radical (unpaired) electrons. The monoisotopic (exact) mass is 304 g/mol. The second-order valence-corrected chi connectivity index (χ2v) is 5.79. The molecule has 0 spiro atoms. The minimum Gasteiger partial charge on any atom is -0.462 e. The molecule has 1 N–H and O–H groups in total. The number of nitro groups is 1. The number of H-pyrrole nitrogens is 1. The Morgan fingerprint density at radius 2 is 2.24 bits per heavy atom. The molecule has 2 heterocycles. The van der Waals surface area contributed by atoms with Crippen LogP contribution >= 0.6 is 11.3 Å². The highest BCUT2D eigenvalue weighted by Crippen LogP contribution is 2.37. The summed E-state index contributed by atoms with van der Waals surface area (Å²) in [5.74, 6) is -0.373. The summed E-state index contributed by atoms with van der Waals surface area (Å²) in [4.78, 5) is 26.5. The summed E-state index contributed by atoms with van der Waals surface area (Å²) in [6.45, 7) is 3.90. The van der Waals surface area contributed by atoms with Crippen LogP contribution in [-0.4, -0.2) is 22.5 Å². The minimum absolute atomic E-state index is 0.0344. The highest BCUT2D eigenvalue weighted by molar-refractivity contribution is 7.20. The number of esters is 1. The van der Waals surface area contributed by atoms with Gasteiger partial charge in [0.15, 0.2) is 0 Å². The van der Waals surface area contributed by atoms with Crippen molar-refractivity contribution in [2.45, 2.75) is 13.8 Å². The Hall–Kier alpha value is -2.41. The lowest BCUT2D eigenvalue weighted by Gasteiger charge is -2.00. The van der Waals surface area contributed by atoms with Gasteiger partial charge in [-0.25, -0.2) is 4.79 Å². The molecule has 0 unspecified atom stereocenters. The molecular weight excluding hydrogens is 292 g/mol. The summed E-state index contributed by atoms with van der Waals surface area (Å²) < 4.78 is 5.91. The predicted octanol–water partition coefficient (Wildman–Crippen LogP) is 3.78. The van der Waals surface area contributed by atoms with E-state index in [0.29, 0.717) is 17.7 Å². The summed E-state index contributed by atoms with van der Waals surface area (Å²) >= 11 is 1.43. The first kappa shape index (κ1) is 13.6. The van der Waals surface area contributed by atoms with Gasteiger partial charge in [-0.3, -0.25) is 10.1 Å². The Morgan fingerprint density at radius 3 is 2.90 bits per heavy atom. The third-order valence-corrected chi connectivity index (χ3v) is 4.42. The third kappa shape index (κ3) is 2.06. The first-order chi connectivity index (χ1) is 10.0. The molecular formula is C14H12N2O4S. The van der Waals surface area contributed by atoms with Crippen molar-refractivity contribution in [3.8, 4) is 0 Å². The normalized spacial score (nSPS) is 11.1. The van der Waals surface area contributed by atoms with E-state index in [9.17, 15) is 14.9 Å². The van der Waals surface area contributed by atoms with Crippen LogP contribution < -0.4 is 0 Å². The summed E-state index contributed by atoms with van der Waals surface area (Å²) in [6, 6.07) is 4.63. The number of rotatable bonds is 3. The van der Waals surface area contributed by atoms with Crippen LogP contribution in [0.15, 0.2) is 18.2 Å². The van der Waals surface area contributed by atoms with Gasteiger partial charge in [0, 0.05) is 27.9 Å². The molecule has 7 heteroatoms. The number of hydrogen-bond acceptors (Lipinski definition) is 5. The maximum Gasteiger partial charge on any atom is 0.341 e. The summed E-state index contributed by atoms with van der Waals surface area (Å²) in [7, 11) is 0. The zero-order valence-electron chi connectivity index (χ0n) is 11.4. The molecule has 1 aromatic carbocycles. The largest absolute Gasteiger partial charge is 0.462 e. The number of aromatic nitrogens is 1. The number of aryl methyl sites for hydroxylation is 1. The van der Waals surface area contributed by atoms with Crippen LogP contribution in [-0.2, 0) is 4.74 Å². The molecule has 0 aliphatic rings. The second kappa shape index (κ2) is 4.85. The minimum atomic E-state index is -0.426. The average Bonchev–Trinajstić information content (AvgIpc) is 2.92. The molecule has 3 aromatic rings. The van der Waals surface area contributed by atoms with Gasteiger partial charge in [0.2, 0.25) is 0 Å². The van der Waals surface area contributed by atoms with Crippen LogP contribution in [0.4, 0.5) is 5.69 Å². The van der Waals surface area contributed by atoms with Gasteiger partial charge in [0.1, 0.15) is 0 Å². The molecule has 6 nitrogen and oxygen atoms in total. The number of non-ortho nitro benzene ring substituents is 1. The Labute approximate surface area is 123 Å².